The van der Waals surface area contributed by atoms with Crippen LogP contribution in [0.25, 0.3) is 22.4 Å². The third-order valence-corrected chi connectivity index (χ3v) is 2.38. The quantitative estimate of drug-likeness (QED) is 0.640. The van der Waals surface area contributed by atoms with Crippen molar-refractivity contribution in [3.05, 3.63) is 36.8 Å². The molecule has 5 heteroatoms. The van der Waals surface area contributed by atoms with Crippen molar-refractivity contribution in [1.82, 2.24) is 19.9 Å². The third kappa shape index (κ3) is 1.30. The van der Waals surface area contributed by atoms with Crippen molar-refractivity contribution in [2.24, 2.45) is 0 Å². The number of anilines is 1. The van der Waals surface area contributed by atoms with Crippen LogP contribution in [-0.2, 0) is 0 Å². The molecule has 5 nitrogen and oxygen atoms in total. The molecule has 3 heterocycles. The third-order valence-electron chi connectivity index (χ3n) is 2.38. The summed E-state index contributed by atoms with van der Waals surface area (Å²) in [7, 11) is 0. The molecule has 78 valence electrons. The second-order valence-corrected chi connectivity index (χ2v) is 3.40. The van der Waals surface area contributed by atoms with E-state index in [-0.39, 0.29) is 0 Å². The summed E-state index contributed by atoms with van der Waals surface area (Å²) in [6.45, 7) is 0. The van der Waals surface area contributed by atoms with Gasteiger partial charge < -0.3 is 10.7 Å². The van der Waals surface area contributed by atoms with Gasteiger partial charge in [0, 0.05) is 29.5 Å². The number of aromatic nitrogens is 4. The van der Waals surface area contributed by atoms with E-state index in [0.29, 0.717) is 11.6 Å². The Morgan fingerprint density at radius 1 is 1.06 bits per heavy atom. The predicted molar refractivity (Wildman–Crippen MR) is 61.5 cm³/mol. The Labute approximate surface area is 91.4 Å². The summed E-state index contributed by atoms with van der Waals surface area (Å²) in [4.78, 5) is 15.7. The zero-order chi connectivity index (χ0) is 11.0. The van der Waals surface area contributed by atoms with Crippen molar-refractivity contribution in [2.75, 3.05) is 5.73 Å². The number of nitrogens with two attached hydrogens (primary N) is 1. The van der Waals surface area contributed by atoms with Crippen molar-refractivity contribution in [2.45, 2.75) is 0 Å². The lowest BCUT2D eigenvalue weighted by molar-refractivity contribution is 1.18. The minimum atomic E-state index is 0.463. The number of hydrogen-bond acceptors (Lipinski definition) is 4. The van der Waals surface area contributed by atoms with Gasteiger partial charge in [-0.05, 0) is 18.2 Å². The van der Waals surface area contributed by atoms with Gasteiger partial charge >= 0.3 is 0 Å². The molecule has 0 unspecified atom stereocenters. The van der Waals surface area contributed by atoms with Crippen LogP contribution in [0, 0.1) is 0 Å². The fraction of sp³-hybridized carbons (Fsp3) is 0. The molecule has 0 spiro atoms. The lowest BCUT2D eigenvalue weighted by atomic mass is 10.2. The molecule has 0 saturated heterocycles. The minimum absolute atomic E-state index is 0.463. The van der Waals surface area contributed by atoms with E-state index in [1.165, 1.54) is 0 Å². The number of rotatable bonds is 1. The average Bonchev–Trinajstić information content (AvgIpc) is 2.76. The van der Waals surface area contributed by atoms with Crippen molar-refractivity contribution < 1.29 is 0 Å². The molecule has 0 fully saturated rings. The fourth-order valence-corrected chi connectivity index (χ4v) is 1.66. The Morgan fingerprint density at radius 3 is 2.81 bits per heavy atom. The standard InChI is InChI=1S/C11H9N5/c12-9-3-6-15-11(16-9)8-2-5-14-10-7(8)1-4-13-10/h1-6H,(H,13,14)(H2,12,15,16). The first kappa shape index (κ1) is 8.84. The number of fused-ring (bicyclic) bond motifs is 1. The molecule has 3 rings (SSSR count). The molecule has 0 radical (unpaired) electrons. The van der Waals surface area contributed by atoms with Crippen LogP contribution in [0.1, 0.15) is 0 Å². The van der Waals surface area contributed by atoms with E-state index in [9.17, 15) is 0 Å². The molecule has 3 aromatic heterocycles. The maximum absolute atomic E-state index is 5.64. The first-order chi connectivity index (χ1) is 7.84. The van der Waals surface area contributed by atoms with Gasteiger partial charge in [0.25, 0.3) is 0 Å². The summed E-state index contributed by atoms with van der Waals surface area (Å²) in [5.41, 5.74) is 7.39. The Balaban J connectivity index is 2.29. The van der Waals surface area contributed by atoms with Crippen LogP contribution in [-0.4, -0.2) is 19.9 Å². The molecule has 0 bridgehead atoms. The zero-order valence-electron chi connectivity index (χ0n) is 8.38. The van der Waals surface area contributed by atoms with E-state index < -0.39 is 0 Å². The highest BCUT2D eigenvalue weighted by Gasteiger charge is 2.07. The number of pyridine rings is 1. The Hall–Kier alpha value is -2.43. The summed E-state index contributed by atoms with van der Waals surface area (Å²) in [5.74, 6) is 1.08. The first-order valence-electron chi connectivity index (χ1n) is 4.85. The van der Waals surface area contributed by atoms with Gasteiger partial charge in [-0.25, -0.2) is 15.0 Å². The predicted octanol–water partition coefficient (Wildman–Crippen LogP) is 1.60. The highest BCUT2D eigenvalue weighted by atomic mass is 14.9. The van der Waals surface area contributed by atoms with Crippen LogP contribution in [0.2, 0.25) is 0 Å². The number of aromatic amines is 1. The molecule has 0 amide bonds. The fourth-order valence-electron chi connectivity index (χ4n) is 1.66. The number of hydrogen-bond donors (Lipinski definition) is 2. The van der Waals surface area contributed by atoms with E-state index in [0.717, 1.165) is 16.6 Å². The number of H-pyrrole nitrogens is 1. The van der Waals surface area contributed by atoms with Gasteiger partial charge in [-0.2, -0.15) is 0 Å². The molecule has 0 aliphatic rings. The molecule has 0 aliphatic heterocycles. The zero-order valence-corrected chi connectivity index (χ0v) is 8.38. The normalized spacial score (nSPS) is 10.8. The smallest absolute Gasteiger partial charge is 0.162 e. The summed E-state index contributed by atoms with van der Waals surface area (Å²) in [6, 6.07) is 5.49. The van der Waals surface area contributed by atoms with Crippen molar-refractivity contribution in [3.8, 4) is 11.4 Å². The van der Waals surface area contributed by atoms with Crippen LogP contribution >= 0.6 is 0 Å². The van der Waals surface area contributed by atoms with Crippen molar-refractivity contribution in [3.63, 3.8) is 0 Å². The average molecular weight is 211 g/mol. The maximum Gasteiger partial charge on any atom is 0.162 e. The molecule has 3 aromatic rings. The lowest BCUT2D eigenvalue weighted by Crippen LogP contribution is -1.95. The van der Waals surface area contributed by atoms with Crippen LogP contribution in [0.3, 0.4) is 0 Å². The number of nitrogens with one attached hydrogen (secondary N) is 1. The van der Waals surface area contributed by atoms with Crippen LogP contribution in [0.15, 0.2) is 36.8 Å². The molecule has 0 atom stereocenters. The summed E-state index contributed by atoms with van der Waals surface area (Å²) in [6.07, 6.45) is 5.21. The Bertz CT molecular complexity index is 643. The first-order valence-corrected chi connectivity index (χ1v) is 4.85. The van der Waals surface area contributed by atoms with Gasteiger partial charge in [-0.1, -0.05) is 0 Å². The van der Waals surface area contributed by atoms with Gasteiger partial charge in [-0.3, -0.25) is 0 Å². The van der Waals surface area contributed by atoms with E-state index in [2.05, 4.69) is 19.9 Å². The Morgan fingerprint density at radius 2 is 1.94 bits per heavy atom. The van der Waals surface area contributed by atoms with Gasteiger partial charge in [-0.15, -0.1) is 0 Å². The monoisotopic (exact) mass is 211 g/mol. The van der Waals surface area contributed by atoms with E-state index in [1.54, 1.807) is 18.5 Å². The molecule has 3 N–H and O–H groups in total. The number of nitrogens with zero attached hydrogens (tertiary/aromatic N) is 3. The summed E-state index contributed by atoms with van der Waals surface area (Å²) in [5, 5.41) is 0.994. The van der Waals surface area contributed by atoms with E-state index >= 15 is 0 Å². The highest BCUT2D eigenvalue weighted by molar-refractivity contribution is 5.90. The Kier molecular flexibility index (Phi) is 1.83. The second kappa shape index (κ2) is 3.30. The van der Waals surface area contributed by atoms with Gasteiger partial charge in [0.15, 0.2) is 5.82 Å². The molecule has 16 heavy (non-hydrogen) atoms. The lowest BCUT2D eigenvalue weighted by Gasteiger charge is -2.01. The molecular formula is C11H9N5. The van der Waals surface area contributed by atoms with Crippen molar-refractivity contribution in [1.29, 1.82) is 0 Å². The van der Waals surface area contributed by atoms with E-state index in [4.69, 9.17) is 5.73 Å². The van der Waals surface area contributed by atoms with E-state index in [1.807, 2.05) is 18.3 Å². The maximum atomic E-state index is 5.64. The van der Waals surface area contributed by atoms with Gasteiger partial charge in [0.2, 0.25) is 0 Å². The minimum Gasteiger partial charge on any atom is -0.384 e. The van der Waals surface area contributed by atoms with Gasteiger partial charge in [0.1, 0.15) is 11.5 Å². The van der Waals surface area contributed by atoms with Gasteiger partial charge in [0.05, 0.1) is 0 Å². The second-order valence-electron chi connectivity index (χ2n) is 3.40. The molecule has 0 saturated carbocycles. The van der Waals surface area contributed by atoms with Crippen molar-refractivity contribution >= 4 is 16.9 Å². The number of nitrogen functional groups attached to an aromatic ring is 1. The topological polar surface area (TPSA) is 80.5 Å². The summed E-state index contributed by atoms with van der Waals surface area (Å²) < 4.78 is 0. The molecule has 0 aliphatic carbocycles. The highest BCUT2D eigenvalue weighted by Crippen LogP contribution is 2.23. The molecular weight excluding hydrogens is 202 g/mol. The summed E-state index contributed by atoms with van der Waals surface area (Å²) >= 11 is 0. The largest absolute Gasteiger partial charge is 0.384 e. The van der Waals surface area contributed by atoms with Crippen LogP contribution in [0.4, 0.5) is 5.82 Å². The van der Waals surface area contributed by atoms with Crippen LogP contribution < -0.4 is 5.73 Å². The SMILES string of the molecule is Nc1ccnc(-c2ccnc3[nH]ccc23)n1. The van der Waals surface area contributed by atoms with Crippen LogP contribution in [0.5, 0.6) is 0 Å². The molecule has 0 aromatic carbocycles.